The second-order valence-corrected chi connectivity index (χ2v) is 4.37. The van der Waals surface area contributed by atoms with Crippen LogP contribution >= 0.6 is 0 Å². The number of aryl methyl sites for hydroxylation is 1. The van der Waals surface area contributed by atoms with Crippen molar-refractivity contribution in [1.29, 1.82) is 0 Å². The Bertz CT molecular complexity index is 512. The molecule has 2 heterocycles. The molecule has 0 aliphatic carbocycles. The largest absolute Gasteiger partial charge is 0.459 e. The maximum atomic E-state index is 5.92. The Kier molecular flexibility index (Phi) is 1.86. The second kappa shape index (κ2) is 3.11. The minimum Gasteiger partial charge on any atom is -0.459 e. The Hall–Kier alpha value is -1.28. The highest BCUT2D eigenvalue weighted by Crippen LogP contribution is 2.32. The highest BCUT2D eigenvalue weighted by atomic mass is 16.3. The van der Waals surface area contributed by atoms with Crippen molar-refractivity contribution >= 4 is 11.0 Å². The molecule has 1 aliphatic heterocycles. The molecule has 2 heteroatoms. The summed E-state index contributed by atoms with van der Waals surface area (Å²) in [5.74, 6) is 1.13. The van der Waals surface area contributed by atoms with Crippen molar-refractivity contribution in [2.75, 3.05) is 6.54 Å². The summed E-state index contributed by atoms with van der Waals surface area (Å²) in [5, 5.41) is 4.72. The SMILES string of the molecule is Cc1ccc2c3c(oc2c1)C(C)NCC3. The molecule has 1 aromatic heterocycles. The third kappa shape index (κ3) is 1.29. The Morgan fingerprint density at radius 3 is 3.13 bits per heavy atom. The quantitative estimate of drug-likeness (QED) is 0.709. The van der Waals surface area contributed by atoms with E-state index in [1.807, 2.05) is 0 Å². The van der Waals surface area contributed by atoms with Gasteiger partial charge in [-0.2, -0.15) is 0 Å². The number of rotatable bonds is 0. The molecule has 0 amide bonds. The van der Waals surface area contributed by atoms with E-state index in [-0.39, 0.29) is 0 Å². The van der Waals surface area contributed by atoms with Crippen molar-refractivity contribution in [1.82, 2.24) is 5.32 Å². The standard InChI is InChI=1S/C13H15NO/c1-8-3-4-10-11-5-6-14-9(2)13(11)15-12(10)7-8/h3-4,7,9,14H,5-6H2,1-2H3. The van der Waals surface area contributed by atoms with Gasteiger partial charge in [0.15, 0.2) is 0 Å². The summed E-state index contributed by atoms with van der Waals surface area (Å²) in [4.78, 5) is 0. The number of nitrogens with one attached hydrogen (secondary N) is 1. The van der Waals surface area contributed by atoms with Crippen LogP contribution in [-0.4, -0.2) is 6.54 Å². The van der Waals surface area contributed by atoms with E-state index >= 15 is 0 Å². The smallest absolute Gasteiger partial charge is 0.134 e. The van der Waals surface area contributed by atoms with Gasteiger partial charge in [0.05, 0.1) is 6.04 Å². The first-order valence-electron chi connectivity index (χ1n) is 5.51. The molecule has 0 bridgehead atoms. The molecule has 1 N–H and O–H groups in total. The van der Waals surface area contributed by atoms with Gasteiger partial charge in [-0.15, -0.1) is 0 Å². The van der Waals surface area contributed by atoms with E-state index in [0.29, 0.717) is 6.04 Å². The van der Waals surface area contributed by atoms with Crippen molar-refractivity contribution in [2.45, 2.75) is 26.3 Å². The topological polar surface area (TPSA) is 25.2 Å². The summed E-state index contributed by atoms with van der Waals surface area (Å²) in [6.07, 6.45) is 1.08. The van der Waals surface area contributed by atoms with Crippen molar-refractivity contribution < 1.29 is 4.42 Å². The molecule has 15 heavy (non-hydrogen) atoms. The second-order valence-electron chi connectivity index (χ2n) is 4.37. The molecule has 1 aromatic carbocycles. The fourth-order valence-electron chi connectivity index (χ4n) is 2.39. The fraction of sp³-hybridized carbons (Fsp3) is 0.385. The van der Waals surface area contributed by atoms with Crippen LogP contribution in [0.5, 0.6) is 0 Å². The molecular formula is C13H15NO. The zero-order valence-corrected chi connectivity index (χ0v) is 9.13. The molecule has 0 spiro atoms. The zero-order valence-electron chi connectivity index (χ0n) is 9.13. The Labute approximate surface area is 89.3 Å². The van der Waals surface area contributed by atoms with Crippen LogP contribution < -0.4 is 5.32 Å². The number of benzene rings is 1. The monoisotopic (exact) mass is 201 g/mol. The lowest BCUT2D eigenvalue weighted by Crippen LogP contribution is -2.26. The zero-order chi connectivity index (χ0) is 10.4. The molecule has 1 atom stereocenters. The van der Waals surface area contributed by atoms with Gasteiger partial charge in [0.25, 0.3) is 0 Å². The molecule has 78 valence electrons. The summed E-state index contributed by atoms with van der Waals surface area (Å²) in [6, 6.07) is 6.82. The molecule has 1 aliphatic rings. The molecule has 3 rings (SSSR count). The van der Waals surface area contributed by atoms with Gasteiger partial charge in [-0.1, -0.05) is 12.1 Å². The van der Waals surface area contributed by atoms with Gasteiger partial charge in [0, 0.05) is 10.9 Å². The highest BCUT2D eigenvalue weighted by molar-refractivity contribution is 5.83. The molecule has 0 radical (unpaired) electrons. The first-order chi connectivity index (χ1) is 7.25. The summed E-state index contributed by atoms with van der Waals surface area (Å²) < 4.78 is 5.92. The van der Waals surface area contributed by atoms with Gasteiger partial charge >= 0.3 is 0 Å². The predicted octanol–water partition coefficient (Wildman–Crippen LogP) is 2.95. The lowest BCUT2D eigenvalue weighted by atomic mass is 10.0. The lowest BCUT2D eigenvalue weighted by molar-refractivity contribution is 0.426. The normalized spacial score (nSPS) is 20.5. The van der Waals surface area contributed by atoms with Crippen LogP contribution in [0.4, 0.5) is 0 Å². The van der Waals surface area contributed by atoms with Gasteiger partial charge in [-0.05, 0) is 38.4 Å². The fourth-order valence-corrected chi connectivity index (χ4v) is 2.39. The number of fused-ring (bicyclic) bond motifs is 3. The summed E-state index contributed by atoms with van der Waals surface area (Å²) >= 11 is 0. The van der Waals surface area contributed by atoms with Crippen LogP contribution in [0.2, 0.25) is 0 Å². The first-order valence-corrected chi connectivity index (χ1v) is 5.51. The van der Waals surface area contributed by atoms with E-state index in [0.717, 1.165) is 24.3 Å². The van der Waals surface area contributed by atoms with Crippen LogP contribution in [0.15, 0.2) is 22.6 Å². The third-order valence-corrected chi connectivity index (χ3v) is 3.20. The Morgan fingerprint density at radius 1 is 1.40 bits per heavy atom. The molecule has 1 unspecified atom stereocenters. The van der Waals surface area contributed by atoms with Crippen molar-refractivity contribution in [3.8, 4) is 0 Å². The van der Waals surface area contributed by atoms with Gasteiger partial charge in [-0.25, -0.2) is 0 Å². The molecule has 2 nitrogen and oxygen atoms in total. The van der Waals surface area contributed by atoms with Crippen molar-refractivity contribution in [3.63, 3.8) is 0 Å². The van der Waals surface area contributed by atoms with Crippen LogP contribution in [0, 0.1) is 6.92 Å². The van der Waals surface area contributed by atoms with Crippen molar-refractivity contribution in [3.05, 3.63) is 35.1 Å². The van der Waals surface area contributed by atoms with E-state index in [1.54, 1.807) is 0 Å². The van der Waals surface area contributed by atoms with E-state index in [9.17, 15) is 0 Å². The minimum absolute atomic E-state index is 0.349. The van der Waals surface area contributed by atoms with E-state index in [4.69, 9.17) is 4.42 Å². The average molecular weight is 201 g/mol. The maximum absolute atomic E-state index is 5.92. The average Bonchev–Trinajstić information content (AvgIpc) is 2.57. The van der Waals surface area contributed by atoms with Gasteiger partial charge in [0.2, 0.25) is 0 Å². The van der Waals surface area contributed by atoms with E-state index < -0.39 is 0 Å². The minimum atomic E-state index is 0.349. The van der Waals surface area contributed by atoms with Gasteiger partial charge in [0.1, 0.15) is 11.3 Å². The Morgan fingerprint density at radius 2 is 2.27 bits per heavy atom. The highest BCUT2D eigenvalue weighted by Gasteiger charge is 2.22. The maximum Gasteiger partial charge on any atom is 0.134 e. The first kappa shape index (κ1) is 8.98. The Balaban J connectivity index is 2.30. The summed E-state index contributed by atoms with van der Waals surface area (Å²) in [7, 11) is 0. The molecule has 0 saturated heterocycles. The molecular weight excluding hydrogens is 186 g/mol. The lowest BCUT2D eigenvalue weighted by Gasteiger charge is -2.18. The molecule has 0 saturated carbocycles. The van der Waals surface area contributed by atoms with E-state index in [1.165, 1.54) is 16.5 Å². The number of hydrogen-bond donors (Lipinski definition) is 1. The van der Waals surface area contributed by atoms with Crippen LogP contribution in [0.3, 0.4) is 0 Å². The summed E-state index contributed by atoms with van der Waals surface area (Å²) in [6.45, 7) is 5.31. The van der Waals surface area contributed by atoms with Crippen LogP contribution in [-0.2, 0) is 6.42 Å². The number of furan rings is 1. The molecule has 2 aromatic rings. The molecule has 0 fully saturated rings. The number of hydrogen-bond acceptors (Lipinski definition) is 2. The van der Waals surface area contributed by atoms with Gasteiger partial charge in [-0.3, -0.25) is 0 Å². The third-order valence-electron chi connectivity index (χ3n) is 3.20. The predicted molar refractivity (Wildman–Crippen MR) is 61.1 cm³/mol. The van der Waals surface area contributed by atoms with Gasteiger partial charge < -0.3 is 9.73 Å². The van der Waals surface area contributed by atoms with Crippen LogP contribution in [0.25, 0.3) is 11.0 Å². The van der Waals surface area contributed by atoms with Crippen molar-refractivity contribution in [2.24, 2.45) is 0 Å². The van der Waals surface area contributed by atoms with Crippen LogP contribution in [0.1, 0.15) is 29.9 Å². The summed E-state index contributed by atoms with van der Waals surface area (Å²) in [5.41, 5.74) is 3.70. The van der Waals surface area contributed by atoms with E-state index in [2.05, 4.69) is 37.4 Å².